The van der Waals surface area contributed by atoms with Crippen molar-refractivity contribution in [3.05, 3.63) is 51.9 Å². The summed E-state index contributed by atoms with van der Waals surface area (Å²) < 4.78 is 0.916. The van der Waals surface area contributed by atoms with Crippen LogP contribution in [0.4, 0.5) is 16.2 Å². The lowest BCUT2D eigenvalue weighted by Crippen LogP contribution is -2.20. The van der Waals surface area contributed by atoms with Crippen LogP contribution in [0.1, 0.15) is 10.5 Å². The van der Waals surface area contributed by atoms with Gasteiger partial charge in [0.05, 0.1) is 17.6 Å². The van der Waals surface area contributed by atoms with Crippen molar-refractivity contribution in [1.29, 1.82) is 0 Å². The molecule has 0 radical (unpaired) electrons. The molecule has 0 fully saturated rings. The molecule has 0 bridgehead atoms. The van der Waals surface area contributed by atoms with Crippen LogP contribution in [0.5, 0.6) is 0 Å². The minimum atomic E-state index is -1.11. The van der Waals surface area contributed by atoms with Crippen molar-refractivity contribution in [2.45, 2.75) is 0 Å². The summed E-state index contributed by atoms with van der Waals surface area (Å²) in [4.78, 5) is 26.1. The van der Waals surface area contributed by atoms with E-state index in [4.69, 9.17) is 5.11 Å². The van der Waals surface area contributed by atoms with Crippen molar-refractivity contribution >= 4 is 46.0 Å². The van der Waals surface area contributed by atoms with E-state index in [1.807, 2.05) is 18.2 Å². The van der Waals surface area contributed by atoms with Crippen molar-refractivity contribution in [2.24, 2.45) is 0 Å². The topological polar surface area (TPSA) is 91.3 Å². The molecule has 0 spiro atoms. The molecule has 20 heavy (non-hydrogen) atoms. The number of carboxylic acid groups (broad SMARTS) is 1. The molecular formula is C13H10IN3O3. The summed E-state index contributed by atoms with van der Waals surface area (Å²) in [6.07, 6.45) is 1.29. The Morgan fingerprint density at radius 1 is 1.10 bits per heavy atom. The van der Waals surface area contributed by atoms with Gasteiger partial charge in [-0.1, -0.05) is 12.1 Å². The van der Waals surface area contributed by atoms with Gasteiger partial charge in [0.15, 0.2) is 0 Å². The fourth-order valence-electron chi connectivity index (χ4n) is 1.44. The fourth-order valence-corrected chi connectivity index (χ4v) is 1.96. The number of anilines is 2. The highest BCUT2D eigenvalue weighted by Gasteiger charge is 2.07. The number of hydrogen-bond acceptors (Lipinski definition) is 3. The summed E-state index contributed by atoms with van der Waals surface area (Å²) in [6.45, 7) is 0. The second-order valence-electron chi connectivity index (χ2n) is 3.80. The Hall–Kier alpha value is -2.16. The average Bonchev–Trinajstić information content (AvgIpc) is 2.42. The molecule has 102 valence electrons. The van der Waals surface area contributed by atoms with Crippen molar-refractivity contribution < 1.29 is 14.7 Å². The highest BCUT2D eigenvalue weighted by atomic mass is 127. The molecule has 1 aromatic heterocycles. The van der Waals surface area contributed by atoms with Crippen LogP contribution in [0.3, 0.4) is 0 Å². The van der Waals surface area contributed by atoms with Gasteiger partial charge in [-0.3, -0.25) is 0 Å². The number of aromatic nitrogens is 1. The molecule has 3 N–H and O–H groups in total. The summed E-state index contributed by atoms with van der Waals surface area (Å²) in [7, 11) is 0. The van der Waals surface area contributed by atoms with Gasteiger partial charge in [-0.2, -0.15) is 0 Å². The highest BCUT2D eigenvalue weighted by molar-refractivity contribution is 14.1. The van der Waals surface area contributed by atoms with Gasteiger partial charge >= 0.3 is 12.0 Å². The van der Waals surface area contributed by atoms with E-state index in [1.54, 1.807) is 6.07 Å². The molecule has 0 aliphatic heterocycles. The Morgan fingerprint density at radius 2 is 1.85 bits per heavy atom. The van der Waals surface area contributed by atoms with Gasteiger partial charge < -0.3 is 15.7 Å². The number of para-hydroxylation sites is 1. The van der Waals surface area contributed by atoms with Gasteiger partial charge in [-0.15, -0.1) is 0 Å². The molecule has 1 heterocycles. The summed E-state index contributed by atoms with van der Waals surface area (Å²) in [5.41, 5.74) is 1.03. The highest BCUT2D eigenvalue weighted by Crippen LogP contribution is 2.17. The minimum Gasteiger partial charge on any atom is -0.477 e. The molecule has 0 unspecified atom stereocenters. The smallest absolute Gasteiger partial charge is 0.354 e. The van der Waals surface area contributed by atoms with E-state index in [0.717, 1.165) is 3.57 Å². The fraction of sp³-hybridized carbons (Fsp3) is 0. The van der Waals surface area contributed by atoms with Gasteiger partial charge in [0.2, 0.25) is 0 Å². The lowest BCUT2D eigenvalue weighted by atomic mass is 10.3. The number of pyridine rings is 1. The molecule has 0 aliphatic rings. The standard InChI is InChI=1S/C13H10IN3O3/c14-9-3-1-2-4-10(9)17-13(20)16-8-5-6-11(12(18)19)15-7-8/h1-7H,(H,18,19)(H2,16,17,20). The van der Waals surface area contributed by atoms with Crippen LogP contribution in [0.2, 0.25) is 0 Å². The first-order chi connectivity index (χ1) is 9.56. The van der Waals surface area contributed by atoms with E-state index in [1.165, 1.54) is 18.3 Å². The maximum atomic E-state index is 11.8. The van der Waals surface area contributed by atoms with Crippen LogP contribution >= 0.6 is 22.6 Å². The van der Waals surface area contributed by atoms with Crippen molar-refractivity contribution in [3.8, 4) is 0 Å². The van der Waals surface area contributed by atoms with Crippen LogP contribution in [0, 0.1) is 3.57 Å². The van der Waals surface area contributed by atoms with Gasteiger partial charge in [-0.25, -0.2) is 14.6 Å². The second-order valence-corrected chi connectivity index (χ2v) is 4.96. The first-order valence-electron chi connectivity index (χ1n) is 5.58. The number of urea groups is 1. The average molecular weight is 383 g/mol. The zero-order valence-electron chi connectivity index (χ0n) is 10.1. The third kappa shape index (κ3) is 3.67. The minimum absolute atomic E-state index is 0.0754. The van der Waals surface area contributed by atoms with Gasteiger partial charge in [0, 0.05) is 3.57 Å². The Morgan fingerprint density at radius 3 is 2.45 bits per heavy atom. The zero-order chi connectivity index (χ0) is 14.5. The van der Waals surface area contributed by atoms with Gasteiger partial charge in [-0.05, 0) is 46.9 Å². The number of amides is 2. The van der Waals surface area contributed by atoms with Crippen LogP contribution in [0.25, 0.3) is 0 Å². The van der Waals surface area contributed by atoms with Crippen molar-refractivity contribution in [3.63, 3.8) is 0 Å². The summed E-state index contributed by atoms with van der Waals surface area (Å²) in [5.74, 6) is -1.11. The first-order valence-corrected chi connectivity index (χ1v) is 6.66. The van der Waals surface area contributed by atoms with E-state index in [-0.39, 0.29) is 5.69 Å². The number of carbonyl (C=O) groups excluding carboxylic acids is 1. The molecule has 1 aromatic carbocycles. The number of benzene rings is 1. The molecular weight excluding hydrogens is 373 g/mol. The maximum absolute atomic E-state index is 11.8. The Kier molecular flexibility index (Phi) is 4.51. The van der Waals surface area contributed by atoms with Gasteiger partial charge in [0.1, 0.15) is 5.69 Å². The van der Waals surface area contributed by atoms with Crippen molar-refractivity contribution in [2.75, 3.05) is 10.6 Å². The predicted molar refractivity (Wildman–Crippen MR) is 83.0 cm³/mol. The van der Waals surface area contributed by atoms with Crippen LogP contribution in [-0.2, 0) is 0 Å². The molecule has 0 atom stereocenters. The van der Waals surface area contributed by atoms with Crippen LogP contribution < -0.4 is 10.6 Å². The predicted octanol–water partition coefficient (Wildman–Crippen LogP) is 3.03. The molecule has 2 aromatic rings. The van der Waals surface area contributed by atoms with Crippen molar-refractivity contribution in [1.82, 2.24) is 4.98 Å². The number of halogens is 1. The molecule has 7 heteroatoms. The number of carbonyl (C=O) groups is 2. The Balaban J connectivity index is 2.01. The van der Waals surface area contributed by atoms with Crippen LogP contribution in [-0.4, -0.2) is 22.1 Å². The SMILES string of the molecule is O=C(Nc1ccc(C(=O)O)nc1)Nc1ccccc1I. The number of rotatable bonds is 3. The quantitative estimate of drug-likeness (QED) is 0.711. The molecule has 0 saturated heterocycles. The molecule has 6 nitrogen and oxygen atoms in total. The van der Waals surface area contributed by atoms with E-state index >= 15 is 0 Å². The normalized spacial score (nSPS) is 9.85. The number of carboxylic acids is 1. The number of nitrogens with one attached hydrogen (secondary N) is 2. The third-order valence-corrected chi connectivity index (χ3v) is 3.30. The monoisotopic (exact) mass is 383 g/mol. The number of nitrogens with zero attached hydrogens (tertiary/aromatic N) is 1. The van der Waals surface area contributed by atoms with E-state index in [0.29, 0.717) is 11.4 Å². The lowest BCUT2D eigenvalue weighted by molar-refractivity contribution is 0.0690. The molecule has 2 rings (SSSR count). The van der Waals surface area contributed by atoms with Gasteiger partial charge in [0.25, 0.3) is 0 Å². The largest absolute Gasteiger partial charge is 0.477 e. The zero-order valence-corrected chi connectivity index (χ0v) is 12.3. The maximum Gasteiger partial charge on any atom is 0.354 e. The number of hydrogen-bond donors (Lipinski definition) is 3. The van der Waals surface area contributed by atoms with E-state index < -0.39 is 12.0 Å². The first kappa shape index (κ1) is 14.3. The second kappa shape index (κ2) is 6.33. The van der Waals surface area contributed by atoms with E-state index in [2.05, 4.69) is 38.2 Å². The summed E-state index contributed by atoms with van der Waals surface area (Å²) >= 11 is 2.12. The molecule has 2 amide bonds. The molecule has 0 aliphatic carbocycles. The summed E-state index contributed by atoms with van der Waals surface area (Å²) in [6, 6.07) is 9.74. The Labute approximate surface area is 128 Å². The third-order valence-electron chi connectivity index (χ3n) is 2.36. The molecule has 0 saturated carbocycles. The lowest BCUT2D eigenvalue weighted by Gasteiger charge is -2.08. The van der Waals surface area contributed by atoms with Crippen LogP contribution in [0.15, 0.2) is 42.6 Å². The number of aromatic carboxylic acids is 1. The summed E-state index contributed by atoms with van der Waals surface area (Å²) in [5, 5.41) is 14.0. The Bertz CT molecular complexity index is 644. The van der Waals surface area contributed by atoms with E-state index in [9.17, 15) is 9.59 Å².